The van der Waals surface area contributed by atoms with Crippen molar-refractivity contribution in [1.82, 2.24) is 9.97 Å². The van der Waals surface area contributed by atoms with E-state index >= 15 is 0 Å². The van der Waals surface area contributed by atoms with Gasteiger partial charge in [0.2, 0.25) is 0 Å². The van der Waals surface area contributed by atoms with E-state index in [9.17, 15) is 9.18 Å². The van der Waals surface area contributed by atoms with Gasteiger partial charge in [0.15, 0.2) is 5.78 Å². The van der Waals surface area contributed by atoms with Crippen LogP contribution in [-0.2, 0) is 0 Å². The van der Waals surface area contributed by atoms with Gasteiger partial charge >= 0.3 is 0 Å². The number of benzene rings is 4. The highest BCUT2D eigenvalue weighted by Crippen LogP contribution is 2.31. The summed E-state index contributed by atoms with van der Waals surface area (Å²) in [5, 5.41) is 0. The van der Waals surface area contributed by atoms with Gasteiger partial charge in [-0.15, -0.1) is 0 Å². The fourth-order valence-electron chi connectivity index (χ4n) is 3.55. The van der Waals surface area contributed by atoms with E-state index in [1.165, 1.54) is 24.3 Å². The number of halogens is 1. The van der Waals surface area contributed by atoms with Crippen LogP contribution in [0.3, 0.4) is 0 Å². The number of carbonyl (C=O) groups excluding carboxylic acids is 1. The zero-order valence-electron chi connectivity index (χ0n) is 16.5. The Morgan fingerprint density at radius 3 is 1.55 bits per heavy atom. The first-order valence-electron chi connectivity index (χ1n) is 9.92. The van der Waals surface area contributed by atoms with Gasteiger partial charge in [-0.05, 0) is 36.4 Å². The average Bonchev–Trinajstić information content (AvgIpc) is 2.84. The largest absolute Gasteiger partial charge is 0.289 e. The smallest absolute Gasteiger partial charge is 0.193 e. The Kier molecular flexibility index (Phi) is 4.81. The molecule has 0 amide bonds. The SMILES string of the molecule is O=C(c1ccc(F)cc1)c1ccc(-c2nc3ccccc3nc2-c2ccccc2)cc1. The summed E-state index contributed by atoms with van der Waals surface area (Å²) in [4.78, 5) is 22.5. The molecule has 1 heterocycles. The molecule has 1 aromatic heterocycles. The van der Waals surface area contributed by atoms with Gasteiger partial charge in [-0.1, -0.05) is 66.7 Å². The van der Waals surface area contributed by atoms with E-state index in [2.05, 4.69) is 0 Å². The van der Waals surface area contributed by atoms with Crippen molar-refractivity contribution in [2.75, 3.05) is 0 Å². The van der Waals surface area contributed by atoms with Gasteiger partial charge in [0, 0.05) is 22.3 Å². The number of nitrogens with zero attached hydrogens (tertiary/aromatic N) is 2. The zero-order chi connectivity index (χ0) is 21.2. The maximum atomic E-state index is 13.2. The minimum absolute atomic E-state index is 0.153. The maximum Gasteiger partial charge on any atom is 0.193 e. The van der Waals surface area contributed by atoms with Crippen molar-refractivity contribution in [2.24, 2.45) is 0 Å². The molecule has 3 nitrogen and oxygen atoms in total. The zero-order valence-corrected chi connectivity index (χ0v) is 16.5. The molecule has 0 unspecified atom stereocenters. The Morgan fingerprint density at radius 1 is 0.548 bits per heavy atom. The molecule has 0 spiro atoms. The van der Waals surface area contributed by atoms with Crippen molar-refractivity contribution in [2.45, 2.75) is 0 Å². The maximum absolute atomic E-state index is 13.2. The van der Waals surface area contributed by atoms with Crippen LogP contribution < -0.4 is 0 Å². The Bertz CT molecular complexity index is 1380. The molecular formula is C27H17FN2O. The van der Waals surface area contributed by atoms with Gasteiger partial charge in [0.25, 0.3) is 0 Å². The van der Waals surface area contributed by atoms with Gasteiger partial charge in [0.05, 0.1) is 22.4 Å². The van der Waals surface area contributed by atoms with E-state index < -0.39 is 0 Å². The number of fused-ring (bicyclic) bond motifs is 1. The molecule has 5 aromatic rings. The predicted molar refractivity (Wildman–Crippen MR) is 120 cm³/mol. The van der Waals surface area contributed by atoms with E-state index in [0.29, 0.717) is 11.1 Å². The van der Waals surface area contributed by atoms with Gasteiger partial charge in [0.1, 0.15) is 5.82 Å². The highest BCUT2D eigenvalue weighted by molar-refractivity contribution is 6.09. The molecule has 0 saturated heterocycles. The second kappa shape index (κ2) is 7.92. The van der Waals surface area contributed by atoms with E-state index in [1.54, 1.807) is 12.1 Å². The topological polar surface area (TPSA) is 42.9 Å². The second-order valence-corrected chi connectivity index (χ2v) is 7.19. The van der Waals surface area contributed by atoms with Gasteiger partial charge in [-0.2, -0.15) is 0 Å². The van der Waals surface area contributed by atoms with Crippen molar-refractivity contribution in [1.29, 1.82) is 0 Å². The molecule has 4 heteroatoms. The van der Waals surface area contributed by atoms with Crippen molar-refractivity contribution in [3.8, 4) is 22.5 Å². The third-order valence-corrected chi connectivity index (χ3v) is 5.14. The van der Waals surface area contributed by atoms with Crippen LogP contribution in [0.15, 0.2) is 103 Å². The molecule has 0 bridgehead atoms. The minimum atomic E-state index is -0.366. The summed E-state index contributed by atoms with van der Waals surface area (Å²) in [7, 11) is 0. The quantitative estimate of drug-likeness (QED) is 0.329. The van der Waals surface area contributed by atoms with E-state index in [0.717, 1.165) is 33.5 Å². The molecule has 0 aliphatic carbocycles. The molecule has 0 N–H and O–H groups in total. The lowest BCUT2D eigenvalue weighted by atomic mass is 9.99. The first-order valence-corrected chi connectivity index (χ1v) is 9.92. The number of carbonyl (C=O) groups is 1. The first-order chi connectivity index (χ1) is 15.2. The van der Waals surface area contributed by atoms with Crippen LogP contribution in [0.5, 0.6) is 0 Å². The minimum Gasteiger partial charge on any atom is -0.289 e. The van der Waals surface area contributed by atoms with E-state index in [-0.39, 0.29) is 11.6 Å². The molecule has 0 aliphatic heterocycles. The second-order valence-electron chi connectivity index (χ2n) is 7.19. The third kappa shape index (κ3) is 3.71. The predicted octanol–water partition coefficient (Wildman–Crippen LogP) is 6.33. The summed E-state index contributed by atoms with van der Waals surface area (Å²) in [5.41, 5.74) is 6.00. The normalized spacial score (nSPS) is 10.9. The Morgan fingerprint density at radius 2 is 1.00 bits per heavy atom. The van der Waals surface area contributed by atoms with Gasteiger partial charge in [-0.3, -0.25) is 4.79 Å². The number of rotatable bonds is 4. The molecule has 0 aliphatic rings. The summed E-state index contributed by atoms with van der Waals surface area (Å²) >= 11 is 0. The molecular weight excluding hydrogens is 387 g/mol. The lowest BCUT2D eigenvalue weighted by Crippen LogP contribution is -2.01. The molecule has 31 heavy (non-hydrogen) atoms. The van der Waals surface area contributed by atoms with Crippen LogP contribution >= 0.6 is 0 Å². The van der Waals surface area contributed by atoms with E-state index in [4.69, 9.17) is 9.97 Å². The summed E-state index contributed by atoms with van der Waals surface area (Å²) < 4.78 is 13.2. The monoisotopic (exact) mass is 404 g/mol. The number of ketones is 1. The molecule has 0 atom stereocenters. The van der Waals surface area contributed by atoms with Crippen LogP contribution in [0.2, 0.25) is 0 Å². The molecule has 0 radical (unpaired) electrons. The van der Waals surface area contributed by atoms with Crippen LogP contribution in [0, 0.1) is 5.82 Å². The first kappa shape index (κ1) is 18.8. The van der Waals surface area contributed by atoms with E-state index in [1.807, 2.05) is 66.7 Å². The number of para-hydroxylation sites is 2. The van der Waals surface area contributed by atoms with Crippen LogP contribution in [-0.4, -0.2) is 15.8 Å². The van der Waals surface area contributed by atoms with Crippen molar-refractivity contribution in [3.05, 3.63) is 120 Å². The Labute approximate surface area is 178 Å². The summed E-state index contributed by atoms with van der Waals surface area (Å²) in [5.74, 6) is -0.519. The van der Waals surface area contributed by atoms with Crippen LogP contribution in [0.1, 0.15) is 15.9 Å². The van der Waals surface area contributed by atoms with Gasteiger partial charge < -0.3 is 0 Å². The average molecular weight is 404 g/mol. The molecule has 0 fully saturated rings. The summed E-state index contributed by atoms with van der Waals surface area (Å²) in [6.45, 7) is 0. The third-order valence-electron chi connectivity index (χ3n) is 5.14. The molecule has 4 aromatic carbocycles. The van der Waals surface area contributed by atoms with Crippen molar-refractivity contribution >= 4 is 16.8 Å². The summed E-state index contributed by atoms with van der Waals surface area (Å²) in [6.07, 6.45) is 0. The fourth-order valence-corrected chi connectivity index (χ4v) is 3.55. The summed E-state index contributed by atoms with van der Waals surface area (Å²) in [6, 6.07) is 30.6. The highest BCUT2D eigenvalue weighted by atomic mass is 19.1. The number of hydrogen-bond donors (Lipinski definition) is 0. The lowest BCUT2D eigenvalue weighted by molar-refractivity contribution is 0.103. The van der Waals surface area contributed by atoms with Crippen molar-refractivity contribution in [3.63, 3.8) is 0 Å². The Balaban J connectivity index is 1.59. The molecule has 5 rings (SSSR count). The van der Waals surface area contributed by atoms with Gasteiger partial charge in [-0.25, -0.2) is 14.4 Å². The molecule has 0 saturated carbocycles. The van der Waals surface area contributed by atoms with Crippen LogP contribution in [0.25, 0.3) is 33.5 Å². The van der Waals surface area contributed by atoms with Crippen molar-refractivity contribution < 1.29 is 9.18 Å². The number of aromatic nitrogens is 2. The number of hydrogen-bond acceptors (Lipinski definition) is 3. The highest BCUT2D eigenvalue weighted by Gasteiger charge is 2.14. The lowest BCUT2D eigenvalue weighted by Gasteiger charge is -2.11. The van der Waals surface area contributed by atoms with Crippen LogP contribution in [0.4, 0.5) is 4.39 Å². The fraction of sp³-hybridized carbons (Fsp3) is 0. The molecule has 148 valence electrons. The standard InChI is InChI=1S/C27H17FN2O/c28-22-16-14-21(15-17-22)27(31)20-12-10-19(11-13-20)26-25(18-6-2-1-3-7-18)29-23-8-4-5-9-24(23)30-26/h1-17H. The Hall–Kier alpha value is -4.18.